The lowest BCUT2D eigenvalue weighted by Crippen LogP contribution is -2.34. The maximum absolute atomic E-state index is 12.1. The van der Waals surface area contributed by atoms with Crippen LogP contribution in [0, 0.1) is 0 Å². The van der Waals surface area contributed by atoms with Gasteiger partial charge in [-0.05, 0) is 57.5 Å². The number of ether oxygens (including phenoxy) is 1. The molecule has 3 rings (SSSR count). The highest BCUT2D eigenvalue weighted by Crippen LogP contribution is 2.42. The average Bonchev–Trinajstić information content (AvgIpc) is 2.83. The molecule has 4 nitrogen and oxygen atoms in total. The molecule has 2 heterocycles. The van der Waals surface area contributed by atoms with Crippen molar-refractivity contribution in [3.05, 3.63) is 25.5 Å². The van der Waals surface area contributed by atoms with Crippen molar-refractivity contribution >= 4 is 31.9 Å². The fourth-order valence-electron chi connectivity index (χ4n) is 3.36. The van der Waals surface area contributed by atoms with Crippen molar-refractivity contribution in [2.75, 3.05) is 0 Å². The minimum atomic E-state index is -0.104. The zero-order valence-electron chi connectivity index (χ0n) is 11.3. The lowest BCUT2D eigenvalue weighted by atomic mass is 9.83. The Morgan fingerprint density at radius 1 is 1.30 bits per heavy atom. The summed E-state index contributed by atoms with van der Waals surface area (Å²) in [5.41, 5.74) is -0.00775. The molecule has 0 N–H and O–H groups in total. The summed E-state index contributed by atoms with van der Waals surface area (Å²) in [7, 11) is 0. The van der Waals surface area contributed by atoms with Gasteiger partial charge in [-0.25, -0.2) is 4.68 Å². The molecule has 0 aromatic carbocycles. The van der Waals surface area contributed by atoms with Crippen LogP contribution in [0.4, 0.5) is 0 Å². The Morgan fingerprint density at radius 2 is 2.05 bits per heavy atom. The van der Waals surface area contributed by atoms with Gasteiger partial charge in [0, 0.05) is 0 Å². The molecule has 1 aromatic heterocycles. The Bertz CT molecular complexity index is 553. The van der Waals surface area contributed by atoms with Crippen molar-refractivity contribution in [1.82, 2.24) is 9.78 Å². The average molecular weight is 406 g/mol. The van der Waals surface area contributed by atoms with Crippen LogP contribution in [0.3, 0.4) is 0 Å². The quantitative estimate of drug-likeness (QED) is 0.754. The molecule has 6 heteroatoms. The van der Waals surface area contributed by atoms with Gasteiger partial charge in [0.05, 0.1) is 28.9 Å². The molecule has 20 heavy (non-hydrogen) atoms. The van der Waals surface area contributed by atoms with Gasteiger partial charge < -0.3 is 4.74 Å². The van der Waals surface area contributed by atoms with E-state index in [0.717, 1.165) is 12.8 Å². The summed E-state index contributed by atoms with van der Waals surface area (Å²) in [4.78, 5) is 12.1. The van der Waals surface area contributed by atoms with Crippen molar-refractivity contribution in [2.24, 2.45) is 0 Å². The molecule has 1 spiro atoms. The topological polar surface area (TPSA) is 44.1 Å². The van der Waals surface area contributed by atoms with Crippen LogP contribution >= 0.6 is 31.9 Å². The number of rotatable bonds is 2. The van der Waals surface area contributed by atoms with Gasteiger partial charge in [0.2, 0.25) is 0 Å². The second-order valence-corrected chi connectivity index (χ2v) is 7.46. The molecular weight excluding hydrogens is 388 g/mol. The van der Waals surface area contributed by atoms with Crippen LogP contribution in [0.15, 0.2) is 19.9 Å². The molecule has 1 aliphatic heterocycles. The fourth-order valence-corrected chi connectivity index (χ4v) is 3.92. The first-order valence-electron chi connectivity index (χ1n) is 7.19. The molecule has 0 bridgehead atoms. The molecule has 1 aromatic rings. The molecule has 1 unspecified atom stereocenters. The second kappa shape index (κ2) is 5.89. The fraction of sp³-hybridized carbons (Fsp3) is 0.714. The van der Waals surface area contributed by atoms with Crippen molar-refractivity contribution in [2.45, 2.75) is 63.2 Å². The Morgan fingerprint density at radius 3 is 2.80 bits per heavy atom. The predicted octanol–water partition coefficient (Wildman–Crippen LogP) is 3.65. The highest BCUT2D eigenvalue weighted by molar-refractivity contribution is 9.13. The van der Waals surface area contributed by atoms with Crippen molar-refractivity contribution in [1.29, 1.82) is 0 Å². The summed E-state index contributed by atoms with van der Waals surface area (Å²) in [5.74, 6) is 0. The Labute approximate surface area is 135 Å². The highest BCUT2D eigenvalue weighted by Gasteiger charge is 2.40. The Kier molecular flexibility index (Phi) is 4.34. The minimum Gasteiger partial charge on any atom is -0.370 e. The lowest BCUT2D eigenvalue weighted by molar-refractivity contribution is -0.0692. The molecular formula is C14H18Br2N2O2. The van der Waals surface area contributed by atoms with E-state index in [1.165, 1.54) is 36.8 Å². The van der Waals surface area contributed by atoms with Gasteiger partial charge in [0.1, 0.15) is 4.47 Å². The number of hydrogen-bond acceptors (Lipinski definition) is 3. The number of hydrogen-bond donors (Lipinski definition) is 0. The molecule has 1 atom stereocenters. The van der Waals surface area contributed by atoms with E-state index in [4.69, 9.17) is 4.74 Å². The summed E-state index contributed by atoms with van der Waals surface area (Å²) in [6, 6.07) is 0. The van der Waals surface area contributed by atoms with E-state index in [-0.39, 0.29) is 17.3 Å². The lowest BCUT2D eigenvalue weighted by Gasteiger charge is -2.33. The van der Waals surface area contributed by atoms with E-state index in [1.54, 1.807) is 6.20 Å². The summed E-state index contributed by atoms with van der Waals surface area (Å²) in [5, 5.41) is 4.18. The van der Waals surface area contributed by atoms with E-state index in [9.17, 15) is 4.79 Å². The summed E-state index contributed by atoms with van der Waals surface area (Å²) >= 11 is 6.58. The van der Waals surface area contributed by atoms with Crippen LogP contribution < -0.4 is 5.56 Å². The third kappa shape index (κ3) is 2.88. The second-order valence-electron chi connectivity index (χ2n) is 5.82. The summed E-state index contributed by atoms with van der Waals surface area (Å²) < 4.78 is 9.01. The smallest absolute Gasteiger partial charge is 0.282 e. The monoisotopic (exact) mass is 404 g/mol. The van der Waals surface area contributed by atoms with Gasteiger partial charge in [-0.2, -0.15) is 5.10 Å². The van der Waals surface area contributed by atoms with E-state index >= 15 is 0 Å². The molecule has 0 amide bonds. The van der Waals surface area contributed by atoms with Crippen LogP contribution in [0.5, 0.6) is 0 Å². The van der Waals surface area contributed by atoms with Crippen LogP contribution in [0.25, 0.3) is 0 Å². The van der Waals surface area contributed by atoms with E-state index in [2.05, 4.69) is 37.0 Å². The van der Waals surface area contributed by atoms with Crippen molar-refractivity contribution in [3.8, 4) is 0 Å². The van der Waals surface area contributed by atoms with Crippen LogP contribution in [-0.2, 0) is 11.3 Å². The zero-order valence-corrected chi connectivity index (χ0v) is 14.5. The van der Waals surface area contributed by atoms with Gasteiger partial charge in [0.15, 0.2) is 0 Å². The number of nitrogens with zero attached hydrogens (tertiary/aromatic N) is 2. The van der Waals surface area contributed by atoms with Crippen LogP contribution in [0.2, 0.25) is 0 Å². The van der Waals surface area contributed by atoms with Crippen molar-refractivity contribution < 1.29 is 4.74 Å². The van der Waals surface area contributed by atoms with Gasteiger partial charge in [-0.15, -0.1) is 0 Å². The number of aromatic nitrogens is 2. The maximum atomic E-state index is 12.1. The third-order valence-electron chi connectivity index (χ3n) is 4.42. The SMILES string of the molecule is O=c1c(Br)c(Br)cnn1CC1CCC2(CCCCC2)O1. The molecule has 0 radical (unpaired) electrons. The summed E-state index contributed by atoms with van der Waals surface area (Å²) in [6.45, 7) is 0.548. The Hall–Kier alpha value is -0.200. The Balaban J connectivity index is 1.71. The third-order valence-corrected chi connectivity index (χ3v) is 6.32. The predicted molar refractivity (Wildman–Crippen MR) is 83.8 cm³/mol. The van der Waals surface area contributed by atoms with E-state index < -0.39 is 0 Å². The summed E-state index contributed by atoms with van der Waals surface area (Å²) in [6.07, 6.45) is 10.2. The van der Waals surface area contributed by atoms with Crippen molar-refractivity contribution in [3.63, 3.8) is 0 Å². The molecule has 2 fully saturated rings. The van der Waals surface area contributed by atoms with Crippen LogP contribution in [-0.4, -0.2) is 21.5 Å². The molecule has 1 saturated carbocycles. The van der Waals surface area contributed by atoms with Gasteiger partial charge >= 0.3 is 0 Å². The van der Waals surface area contributed by atoms with Crippen LogP contribution in [0.1, 0.15) is 44.9 Å². The van der Waals surface area contributed by atoms with E-state index in [1.807, 2.05) is 0 Å². The largest absolute Gasteiger partial charge is 0.370 e. The van der Waals surface area contributed by atoms with Gasteiger partial charge in [0.25, 0.3) is 5.56 Å². The molecule has 1 aliphatic carbocycles. The first-order chi connectivity index (χ1) is 9.60. The minimum absolute atomic E-state index is 0.0963. The molecule has 2 aliphatic rings. The molecule has 110 valence electrons. The first-order valence-corrected chi connectivity index (χ1v) is 8.77. The standard InChI is InChI=1S/C14H18Br2N2O2/c15-11-8-17-18(13(19)12(11)16)9-10-4-7-14(20-10)5-2-1-3-6-14/h8,10H,1-7,9H2. The first kappa shape index (κ1) is 14.7. The maximum Gasteiger partial charge on any atom is 0.282 e. The molecule has 1 saturated heterocycles. The van der Waals surface area contributed by atoms with Gasteiger partial charge in [-0.1, -0.05) is 19.3 Å². The zero-order chi connectivity index (χ0) is 14.2. The van der Waals surface area contributed by atoms with Gasteiger partial charge in [-0.3, -0.25) is 4.79 Å². The number of halogens is 2. The normalized spacial score (nSPS) is 25.2. The van der Waals surface area contributed by atoms with E-state index in [0.29, 0.717) is 15.5 Å². The highest BCUT2D eigenvalue weighted by atomic mass is 79.9.